The molecule has 0 aliphatic carbocycles. The van der Waals surface area contributed by atoms with Crippen LogP contribution in [-0.4, -0.2) is 4.98 Å². The first kappa shape index (κ1) is 8.21. The minimum atomic E-state index is 1.02. The minimum Gasteiger partial charge on any atom is -0.234 e. The van der Waals surface area contributed by atoms with Gasteiger partial charge in [-0.15, -0.1) is 11.3 Å². The van der Waals surface area contributed by atoms with Crippen LogP contribution in [0.3, 0.4) is 0 Å². The van der Waals surface area contributed by atoms with E-state index in [2.05, 4.69) is 34.8 Å². The fraction of sp³-hybridized carbons (Fsp3) is 0.571. The lowest BCUT2D eigenvalue weighted by molar-refractivity contribution is 1.00. The molecule has 0 aliphatic heterocycles. The second-order valence-electron chi connectivity index (χ2n) is 2.04. The Hall–Kier alpha value is 0.110. The van der Waals surface area contributed by atoms with E-state index in [0.717, 1.165) is 16.8 Å². The molecule has 0 atom stereocenters. The molecule has 0 N–H and O–H groups in total. The highest BCUT2D eigenvalue weighted by atomic mass is 79.9. The molecule has 0 unspecified atom stereocenters. The molecule has 1 aromatic heterocycles. The van der Waals surface area contributed by atoms with Crippen molar-refractivity contribution in [2.45, 2.75) is 26.7 Å². The predicted molar refractivity (Wildman–Crippen MR) is 48.6 cm³/mol. The highest BCUT2D eigenvalue weighted by Gasteiger charge is 2.04. The van der Waals surface area contributed by atoms with Crippen molar-refractivity contribution in [3.8, 4) is 0 Å². The lowest BCUT2D eigenvalue weighted by Gasteiger charge is -1.90. The average Bonchev–Trinajstić information content (AvgIpc) is 2.30. The second kappa shape index (κ2) is 3.49. The Labute approximate surface area is 73.6 Å². The van der Waals surface area contributed by atoms with Gasteiger partial charge >= 0.3 is 0 Å². The summed E-state index contributed by atoms with van der Waals surface area (Å²) in [6.07, 6.45) is 2.15. The summed E-state index contributed by atoms with van der Waals surface area (Å²) in [5.41, 5.74) is 1.25. The van der Waals surface area contributed by atoms with Crippen LogP contribution in [0.4, 0.5) is 0 Å². The fourth-order valence-corrected chi connectivity index (χ4v) is 2.52. The summed E-state index contributed by atoms with van der Waals surface area (Å²) in [6, 6.07) is 0. The van der Waals surface area contributed by atoms with Crippen LogP contribution in [0.2, 0.25) is 0 Å². The number of thiazole rings is 1. The zero-order valence-electron chi connectivity index (χ0n) is 6.15. The normalized spacial score (nSPS) is 10.3. The summed E-state index contributed by atoms with van der Waals surface area (Å²) < 4.78 is 1.02. The smallest absolute Gasteiger partial charge is 0.159 e. The molecule has 0 bridgehead atoms. The molecular weight excluding hydrogens is 210 g/mol. The van der Waals surface area contributed by atoms with Crippen molar-refractivity contribution in [1.29, 1.82) is 0 Å². The van der Waals surface area contributed by atoms with Crippen molar-refractivity contribution in [1.82, 2.24) is 4.98 Å². The third-order valence-electron chi connectivity index (χ3n) is 1.41. The van der Waals surface area contributed by atoms with E-state index in [1.165, 1.54) is 10.6 Å². The Morgan fingerprint density at radius 3 is 2.50 bits per heavy atom. The number of aryl methyl sites for hydroxylation is 2. The van der Waals surface area contributed by atoms with E-state index < -0.39 is 0 Å². The zero-order chi connectivity index (χ0) is 7.56. The highest BCUT2D eigenvalue weighted by Crippen LogP contribution is 2.23. The maximum Gasteiger partial charge on any atom is 0.159 e. The third-order valence-corrected chi connectivity index (χ3v) is 3.10. The molecule has 0 radical (unpaired) electrons. The molecule has 0 saturated heterocycles. The molecule has 10 heavy (non-hydrogen) atoms. The summed E-state index contributed by atoms with van der Waals surface area (Å²) in [5.74, 6) is 0. The first-order chi connectivity index (χ1) is 4.77. The van der Waals surface area contributed by atoms with Gasteiger partial charge in [0.1, 0.15) is 0 Å². The Kier molecular flexibility index (Phi) is 2.86. The molecule has 0 aliphatic rings. The molecular formula is C7H10BrNS. The topological polar surface area (TPSA) is 12.9 Å². The number of hydrogen-bond acceptors (Lipinski definition) is 2. The van der Waals surface area contributed by atoms with Gasteiger partial charge in [-0.05, 0) is 28.8 Å². The quantitative estimate of drug-likeness (QED) is 0.746. The Balaban J connectivity index is 2.96. The van der Waals surface area contributed by atoms with Crippen LogP contribution in [-0.2, 0) is 12.8 Å². The van der Waals surface area contributed by atoms with Crippen LogP contribution in [0, 0.1) is 0 Å². The highest BCUT2D eigenvalue weighted by molar-refractivity contribution is 9.11. The first-order valence-corrected chi connectivity index (χ1v) is 5.03. The Morgan fingerprint density at radius 2 is 2.10 bits per heavy atom. The lowest BCUT2D eigenvalue weighted by Crippen LogP contribution is -1.84. The van der Waals surface area contributed by atoms with Crippen molar-refractivity contribution < 1.29 is 0 Å². The standard InChI is InChI=1S/C7H10BrNS/c1-3-5-6(4-2)10-7(8)9-5/h3-4H2,1-2H3. The van der Waals surface area contributed by atoms with E-state index in [9.17, 15) is 0 Å². The van der Waals surface area contributed by atoms with E-state index in [4.69, 9.17) is 0 Å². The molecule has 0 fully saturated rings. The predicted octanol–water partition coefficient (Wildman–Crippen LogP) is 3.03. The molecule has 3 heteroatoms. The minimum absolute atomic E-state index is 1.02. The fourth-order valence-electron chi connectivity index (χ4n) is 0.904. The van der Waals surface area contributed by atoms with Gasteiger partial charge in [0.2, 0.25) is 0 Å². The van der Waals surface area contributed by atoms with Crippen LogP contribution in [0.25, 0.3) is 0 Å². The SMILES string of the molecule is CCc1nc(Br)sc1CC. The van der Waals surface area contributed by atoms with Gasteiger partial charge in [-0.2, -0.15) is 0 Å². The number of nitrogens with zero attached hydrogens (tertiary/aromatic N) is 1. The van der Waals surface area contributed by atoms with Crippen LogP contribution in [0.5, 0.6) is 0 Å². The molecule has 1 rings (SSSR count). The van der Waals surface area contributed by atoms with Crippen LogP contribution < -0.4 is 0 Å². The number of halogens is 1. The van der Waals surface area contributed by atoms with E-state index in [0.29, 0.717) is 0 Å². The third kappa shape index (κ3) is 1.58. The van der Waals surface area contributed by atoms with Crippen molar-refractivity contribution >= 4 is 27.3 Å². The Bertz CT molecular complexity index is 198. The molecule has 56 valence electrons. The second-order valence-corrected chi connectivity index (χ2v) is 4.40. The molecule has 0 amide bonds. The van der Waals surface area contributed by atoms with Crippen LogP contribution in [0.15, 0.2) is 3.92 Å². The van der Waals surface area contributed by atoms with Gasteiger partial charge in [-0.3, -0.25) is 0 Å². The Morgan fingerprint density at radius 1 is 1.40 bits per heavy atom. The van der Waals surface area contributed by atoms with Crippen molar-refractivity contribution in [3.63, 3.8) is 0 Å². The van der Waals surface area contributed by atoms with Crippen molar-refractivity contribution in [2.24, 2.45) is 0 Å². The molecule has 1 heterocycles. The number of aromatic nitrogens is 1. The molecule has 0 saturated carbocycles. The summed E-state index contributed by atoms with van der Waals surface area (Å²) in [5, 5.41) is 0. The van der Waals surface area contributed by atoms with E-state index in [1.807, 2.05) is 0 Å². The summed E-state index contributed by atoms with van der Waals surface area (Å²) in [7, 11) is 0. The maximum atomic E-state index is 4.34. The molecule has 0 spiro atoms. The first-order valence-electron chi connectivity index (χ1n) is 3.42. The number of rotatable bonds is 2. The van der Waals surface area contributed by atoms with Gasteiger partial charge in [-0.25, -0.2) is 4.98 Å². The maximum absolute atomic E-state index is 4.34. The monoisotopic (exact) mass is 219 g/mol. The van der Waals surface area contributed by atoms with Crippen molar-refractivity contribution in [3.05, 3.63) is 14.5 Å². The average molecular weight is 220 g/mol. The van der Waals surface area contributed by atoms with Crippen LogP contribution >= 0.6 is 27.3 Å². The van der Waals surface area contributed by atoms with Gasteiger partial charge in [0.25, 0.3) is 0 Å². The summed E-state index contributed by atoms with van der Waals surface area (Å²) in [6.45, 7) is 4.31. The van der Waals surface area contributed by atoms with Gasteiger partial charge in [-0.1, -0.05) is 13.8 Å². The zero-order valence-corrected chi connectivity index (χ0v) is 8.55. The number of hydrogen-bond donors (Lipinski definition) is 0. The van der Waals surface area contributed by atoms with Gasteiger partial charge < -0.3 is 0 Å². The summed E-state index contributed by atoms with van der Waals surface area (Å²) in [4.78, 5) is 5.75. The van der Waals surface area contributed by atoms with Crippen LogP contribution in [0.1, 0.15) is 24.4 Å². The van der Waals surface area contributed by atoms with Gasteiger partial charge in [0, 0.05) is 4.88 Å². The van der Waals surface area contributed by atoms with Gasteiger partial charge in [0.15, 0.2) is 3.92 Å². The van der Waals surface area contributed by atoms with E-state index in [1.54, 1.807) is 11.3 Å². The lowest BCUT2D eigenvalue weighted by atomic mass is 10.2. The molecule has 1 aromatic rings. The largest absolute Gasteiger partial charge is 0.234 e. The van der Waals surface area contributed by atoms with Crippen molar-refractivity contribution in [2.75, 3.05) is 0 Å². The van der Waals surface area contributed by atoms with Gasteiger partial charge in [0.05, 0.1) is 5.69 Å². The molecule has 0 aromatic carbocycles. The van der Waals surface area contributed by atoms with E-state index >= 15 is 0 Å². The molecule has 1 nitrogen and oxygen atoms in total. The summed E-state index contributed by atoms with van der Waals surface area (Å²) >= 11 is 5.12. The van der Waals surface area contributed by atoms with E-state index in [-0.39, 0.29) is 0 Å².